The summed E-state index contributed by atoms with van der Waals surface area (Å²) in [6.45, 7) is 5.66. The fourth-order valence-electron chi connectivity index (χ4n) is 3.70. The van der Waals surface area contributed by atoms with Crippen molar-refractivity contribution in [3.63, 3.8) is 0 Å². The molecule has 0 unspecified atom stereocenters. The van der Waals surface area contributed by atoms with E-state index < -0.39 is 0 Å². The number of carbonyl (C=O) groups is 1. The summed E-state index contributed by atoms with van der Waals surface area (Å²) >= 11 is 0. The van der Waals surface area contributed by atoms with E-state index in [1.54, 1.807) is 30.6 Å². The molecule has 2 aromatic carbocycles. The van der Waals surface area contributed by atoms with E-state index in [1.807, 2.05) is 24.3 Å². The van der Waals surface area contributed by atoms with Crippen molar-refractivity contribution in [2.45, 2.75) is 13.0 Å². The van der Waals surface area contributed by atoms with E-state index in [2.05, 4.69) is 25.5 Å². The molecule has 2 N–H and O–H groups in total. The molecule has 4 rings (SSSR count). The van der Waals surface area contributed by atoms with Crippen LogP contribution in [-0.4, -0.2) is 60.1 Å². The van der Waals surface area contributed by atoms with Crippen LogP contribution in [-0.2, 0) is 17.8 Å². The minimum absolute atomic E-state index is 0.122. The Hall–Kier alpha value is -3.36. The zero-order chi connectivity index (χ0) is 22.9. The van der Waals surface area contributed by atoms with Gasteiger partial charge in [-0.05, 0) is 29.3 Å². The van der Waals surface area contributed by atoms with E-state index in [4.69, 9.17) is 4.74 Å². The second-order valence-corrected chi connectivity index (χ2v) is 7.90. The fraction of sp³-hybridized carbons (Fsp3) is 0.320. The highest BCUT2D eigenvalue weighted by molar-refractivity contribution is 5.78. The summed E-state index contributed by atoms with van der Waals surface area (Å²) in [5.41, 5.74) is 2.10. The van der Waals surface area contributed by atoms with Gasteiger partial charge in [0.2, 0.25) is 5.91 Å². The summed E-state index contributed by atoms with van der Waals surface area (Å²) < 4.78 is 20.5. The maximum Gasteiger partial charge on any atom is 0.224 e. The Labute approximate surface area is 193 Å². The van der Waals surface area contributed by atoms with Gasteiger partial charge in [0.1, 0.15) is 24.0 Å². The largest absolute Gasteiger partial charge is 0.492 e. The quantitative estimate of drug-likeness (QED) is 0.522. The fourth-order valence-corrected chi connectivity index (χ4v) is 3.70. The van der Waals surface area contributed by atoms with Crippen molar-refractivity contribution in [1.29, 1.82) is 0 Å². The molecule has 1 aliphatic rings. The lowest BCUT2D eigenvalue weighted by Crippen LogP contribution is -2.44. The molecular formula is C25H28FN5O2. The van der Waals surface area contributed by atoms with E-state index in [0.717, 1.165) is 43.9 Å². The minimum atomic E-state index is -0.331. The summed E-state index contributed by atoms with van der Waals surface area (Å²) in [5, 5.41) is 6.12. The number of benzene rings is 2. The highest BCUT2D eigenvalue weighted by Crippen LogP contribution is 2.26. The number of hydrogen-bond acceptors (Lipinski definition) is 6. The summed E-state index contributed by atoms with van der Waals surface area (Å²) in [6.07, 6.45) is 3.51. The average Bonchev–Trinajstić information content (AvgIpc) is 2.85. The Bertz CT molecular complexity index is 1040. The number of halogens is 1. The van der Waals surface area contributed by atoms with Crippen molar-refractivity contribution in [1.82, 2.24) is 25.5 Å². The van der Waals surface area contributed by atoms with Crippen molar-refractivity contribution in [2.24, 2.45) is 0 Å². The SMILES string of the molecule is O=C(Cc1ccc(-c2ccc(OCCN3CCNCC3)cc2F)cc1)NCc1ncccn1. The predicted octanol–water partition coefficient (Wildman–Crippen LogP) is 2.43. The van der Waals surface area contributed by atoms with Crippen LogP contribution in [0.2, 0.25) is 0 Å². The molecule has 1 fully saturated rings. The number of nitrogens with one attached hydrogen (secondary N) is 2. The van der Waals surface area contributed by atoms with Crippen molar-refractivity contribution in [2.75, 3.05) is 39.3 Å². The third-order valence-electron chi connectivity index (χ3n) is 5.52. The Morgan fingerprint density at radius 1 is 1.09 bits per heavy atom. The van der Waals surface area contributed by atoms with Gasteiger partial charge in [-0.15, -0.1) is 0 Å². The molecule has 33 heavy (non-hydrogen) atoms. The third kappa shape index (κ3) is 6.81. The Morgan fingerprint density at radius 3 is 2.58 bits per heavy atom. The summed E-state index contributed by atoms with van der Waals surface area (Å²) in [4.78, 5) is 22.7. The molecular weight excluding hydrogens is 421 g/mol. The van der Waals surface area contributed by atoms with Gasteiger partial charge >= 0.3 is 0 Å². The lowest BCUT2D eigenvalue weighted by molar-refractivity contribution is -0.120. The van der Waals surface area contributed by atoms with Crippen LogP contribution in [0.15, 0.2) is 60.9 Å². The van der Waals surface area contributed by atoms with E-state index >= 15 is 0 Å². The molecule has 0 aliphatic carbocycles. The monoisotopic (exact) mass is 449 g/mol. The first-order chi connectivity index (χ1) is 16.2. The van der Waals surface area contributed by atoms with Gasteiger partial charge in [-0.25, -0.2) is 14.4 Å². The smallest absolute Gasteiger partial charge is 0.224 e. The molecule has 1 aliphatic heterocycles. The highest BCUT2D eigenvalue weighted by Gasteiger charge is 2.11. The maximum absolute atomic E-state index is 14.7. The molecule has 0 bridgehead atoms. The molecule has 3 aromatic rings. The normalized spacial score (nSPS) is 14.1. The van der Waals surface area contributed by atoms with Gasteiger partial charge < -0.3 is 15.4 Å². The van der Waals surface area contributed by atoms with E-state index in [-0.39, 0.29) is 24.7 Å². The van der Waals surface area contributed by atoms with Gasteiger partial charge in [0.25, 0.3) is 0 Å². The number of piperazine rings is 1. The van der Waals surface area contributed by atoms with Crippen LogP contribution >= 0.6 is 0 Å². The number of hydrogen-bond donors (Lipinski definition) is 2. The van der Waals surface area contributed by atoms with Gasteiger partial charge in [-0.2, -0.15) is 0 Å². The molecule has 0 spiro atoms. The number of ether oxygens (including phenoxy) is 1. The molecule has 0 radical (unpaired) electrons. The van der Waals surface area contributed by atoms with Crippen LogP contribution in [0.4, 0.5) is 4.39 Å². The summed E-state index contributed by atoms with van der Waals surface area (Å²) in [5.74, 6) is 0.640. The van der Waals surface area contributed by atoms with E-state index in [1.165, 1.54) is 6.07 Å². The molecule has 0 atom stereocenters. The second kappa shape index (κ2) is 11.5. The molecule has 172 valence electrons. The number of amides is 1. The van der Waals surface area contributed by atoms with Crippen molar-refractivity contribution < 1.29 is 13.9 Å². The first-order valence-corrected chi connectivity index (χ1v) is 11.1. The van der Waals surface area contributed by atoms with Crippen LogP contribution in [0.25, 0.3) is 11.1 Å². The molecule has 1 amide bonds. The number of nitrogens with zero attached hydrogens (tertiary/aromatic N) is 3. The van der Waals surface area contributed by atoms with Gasteiger partial charge in [-0.3, -0.25) is 9.69 Å². The predicted molar refractivity (Wildman–Crippen MR) is 124 cm³/mol. The molecule has 0 saturated carbocycles. The van der Waals surface area contributed by atoms with Crippen LogP contribution in [0.1, 0.15) is 11.4 Å². The number of aromatic nitrogens is 2. The second-order valence-electron chi connectivity index (χ2n) is 7.90. The Morgan fingerprint density at radius 2 is 1.85 bits per heavy atom. The van der Waals surface area contributed by atoms with Gasteiger partial charge in [0, 0.05) is 56.7 Å². The Balaban J connectivity index is 1.28. The third-order valence-corrected chi connectivity index (χ3v) is 5.52. The van der Waals surface area contributed by atoms with Crippen molar-refractivity contribution in [3.05, 3.63) is 78.1 Å². The number of carbonyl (C=O) groups excluding carboxylic acids is 1. The summed E-state index contributed by atoms with van der Waals surface area (Å²) in [6, 6.07) is 14.0. The Kier molecular flexibility index (Phi) is 7.94. The van der Waals surface area contributed by atoms with Crippen LogP contribution < -0.4 is 15.4 Å². The van der Waals surface area contributed by atoms with Gasteiger partial charge in [0.05, 0.1) is 13.0 Å². The summed E-state index contributed by atoms with van der Waals surface area (Å²) in [7, 11) is 0. The topological polar surface area (TPSA) is 79.4 Å². The molecule has 7 nitrogen and oxygen atoms in total. The van der Waals surface area contributed by atoms with Crippen molar-refractivity contribution in [3.8, 4) is 16.9 Å². The zero-order valence-electron chi connectivity index (χ0n) is 18.5. The van der Waals surface area contributed by atoms with Gasteiger partial charge in [-0.1, -0.05) is 24.3 Å². The lowest BCUT2D eigenvalue weighted by Gasteiger charge is -2.26. The molecule has 2 heterocycles. The van der Waals surface area contributed by atoms with Crippen LogP contribution in [0.3, 0.4) is 0 Å². The average molecular weight is 450 g/mol. The van der Waals surface area contributed by atoms with Crippen molar-refractivity contribution >= 4 is 5.91 Å². The standard InChI is InChI=1S/C25H28FN5O2/c26-23-17-21(33-15-14-31-12-10-27-11-13-31)6-7-22(23)20-4-2-19(3-5-20)16-25(32)30-18-24-28-8-1-9-29-24/h1-9,17,27H,10-16,18H2,(H,30,32). The number of rotatable bonds is 9. The molecule has 1 saturated heterocycles. The van der Waals surface area contributed by atoms with E-state index in [0.29, 0.717) is 23.7 Å². The first-order valence-electron chi connectivity index (χ1n) is 11.1. The highest BCUT2D eigenvalue weighted by atomic mass is 19.1. The lowest BCUT2D eigenvalue weighted by atomic mass is 10.0. The molecule has 8 heteroatoms. The van der Waals surface area contributed by atoms with Crippen LogP contribution in [0, 0.1) is 5.82 Å². The minimum Gasteiger partial charge on any atom is -0.492 e. The molecule has 1 aromatic heterocycles. The maximum atomic E-state index is 14.7. The first kappa shape index (κ1) is 22.8. The zero-order valence-corrected chi connectivity index (χ0v) is 18.5. The van der Waals surface area contributed by atoms with E-state index in [9.17, 15) is 9.18 Å². The van der Waals surface area contributed by atoms with Gasteiger partial charge in [0.15, 0.2) is 0 Å². The van der Waals surface area contributed by atoms with Crippen LogP contribution in [0.5, 0.6) is 5.75 Å².